The van der Waals surface area contributed by atoms with Crippen molar-refractivity contribution < 1.29 is 9.47 Å². The Morgan fingerprint density at radius 3 is 2.50 bits per heavy atom. The fraction of sp³-hybridized carbons (Fsp3) is 1.00. The van der Waals surface area contributed by atoms with Gasteiger partial charge in [-0.3, -0.25) is 0 Å². The van der Waals surface area contributed by atoms with Gasteiger partial charge in [-0.1, -0.05) is 19.0 Å². The minimum absolute atomic E-state index is 0.215. The van der Waals surface area contributed by atoms with Crippen LogP contribution in [0.1, 0.15) is 38.5 Å². The van der Waals surface area contributed by atoms with E-state index in [1.54, 1.807) is 7.11 Å². The highest BCUT2D eigenvalue weighted by molar-refractivity contribution is 6.33. The molecule has 0 aromatic heterocycles. The molecule has 1 aliphatic carbocycles. The average molecular weight is 216 g/mol. The highest BCUT2D eigenvalue weighted by Gasteiger charge is 2.32. The van der Waals surface area contributed by atoms with E-state index in [9.17, 15) is 0 Å². The van der Waals surface area contributed by atoms with Gasteiger partial charge in [-0.2, -0.15) is 0 Å². The number of methoxy groups -OCH3 is 1. The Kier molecular flexibility index (Phi) is 5.75. The van der Waals surface area contributed by atoms with Crippen LogP contribution in [0.25, 0.3) is 0 Å². The molecule has 0 saturated heterocycles. The molecule has 84 valence electrons. The monoisotopic (exact) mass is 216 g/mol. The SMILES string of the molecule is COC1(OCCC[SiH2]C)CCCCC1. The number of ether oxygens (including phenoxy) is 2. The van der Waals surface area contributed by atoms with Gasteiger partial charge in [0.25, 0.3) is 0 Å². The van der Waals surface area contributed by atoms with Crippen LogP contribution < -0.4 is 0 Å². The Bertz CT molecular complexity index is 144. The first kappa shape index (κ1) is 12.2. The molecule has 14 heavy (non-hydrogen) atoms. The second-order valence-corrected chi connectivity index (χ2v) is 5.94. The van der Waals surface area contributed by atoms with Gasteiger partial charge in [0.05, 0.1) is 0 Å². The molecule has 0 amide bonds. The van der Waals surface area contributed by atoms with Crippen molar-refractivity contribution >= 4 is 9.52 Å². The molecule has 0 aromatic rings. The largest absolute Gasteiger partial charge is 0.353 e. The van der Waals surface area contributed by atoms with Gasteiger partial charge in [-0.25, -0.2) is 0 Å². The highest BCUT2D eigenvalue weighted by atomic mass is 28.2. The van der Waals surface area contributed by atoms with Crippen LogP contribution in [-0.4, -0.2) is 29.0 Å². The molecule has 0 unspecified atom stereocenters. The molecular weight excluding hydrogens is 192 g/mol. The van der Waals surface area contributed by atoms with Gasteiger partial charge in [0.1, 0.15) is 0 Å². The van der Waals surface area contributed by atoms with E-state index in [1.165, 1.54) is 31.7 Å². The lowest BCUT2D eigenvalue weighted by Crippen LogP contribution is -2.37. The fourth-order valence-corrected chi connectivity index (χ4v) is 2.81. The van der Waals surface area contributed by atoms with E-state index in [-0.39, 0.29) is 15.3 Å². The van der Waals surface area contributed by atoms with E-state index < -0.39 is 0 Å². The summed E-state index contributed by atoms with van der Waals surface area (Å²) in [5.74, 6) is -0.215. The van der Waals surface area contributed by atoms with E-state index in [4.69, 9.17) is 9.47 Å². The Balaban J connectivity index is 2.22. The zero-order valence-electron chi connectivity index (χ0n) is 9.68. The molecule has 0 aliphatic heterocycles. The Morgan fingerprint density at radius 2 is 1.93 bits per heavy atom. The van der Waals surface area contributed by atoms with Crippen molar-refractivity contribution in [3.05, 3.63) is 0 Å². The van der Waals surface area contributed by atoms with Crippen LogP contribution in [0.4, 0.5) is 0 Å². The quantitative estimate of drug-likeness (QED) is 0.385. The maximum absolute atomic E-state index is 5.92. The lowest BCUT2D eigenvalue weighted by Gasteiger charge is -2.35. The maximum atomic E-state index is 5.92. The molecule has 0 bridgehead atoms. The fourth-order valence-electron chi connectivity index (χ4n) is 2.11. The van der Waals surface area contributed by atoms with Crippen molar-refractivity contribution in [2.75, 3.05) is 13.7 Å². The van der Waals surface area contributed by atoms with Gasteiger partial charge >= 0.3 is 0 Å². The molecular formula is C11H24O2Si. The molecule has 1 aliphatic rings. The van der Waals surface area contributed by atoms with Crippen LogP contribution in [-0.2, 0) is 9.47 Å². The highest BCUT2D eigenvalue weighted by Crippen LogP contribution is 2.32. The summed E-state index contributed by atoms with van der Waals surface area (Å²) in [6.45, 7) is 3.25. The summed E-state index contributed by atoms with van der Waals surface area (Å²) in [7, 11) is 2.01. The third-order valence-electron chi connectivity index (χ3n) is 3.10. The molecule has 0 radical (unpaired) electrons. The average Bonchev–Trinajstić information content (AvgIpc) is 2.26. The molecule has 0 heterocycles. The minimum atomic E-state index is -0.215. The van der Waals surface area contributed by atoms with Crippen molar-refractivity contribution in [3.63, 3.8) is 0 Å². The third kappa shape index (κ3) is 3.71. The molecule has 0 spiro atoms. The first-order chi connectivity index (χ1) is 6.83. The normalized spacial score (nSPS) is 21.9. The summed E-state index contributed by atoms with van der Waals surface area (Å²) in [5, 5.41) is 0. The van der Waals surface area contributed by atoms with Crippen molar-refractivity contribution in [1.82, 2.24) is 0 Å². The van der Waals surface area contributed by atoms with Crippen LogP contribution in [0, 0.1) is 0 Å². The second-order valence-electron chi connectivity index (χ2n) is 4.23. The maximum Gasteiger partial charge on any atom is 0.167 e. The third-order valence-corrected chi connectivity index (χ3v) is 4.31. The number of rotatable bonds is 6. The van der Waals surface area contributed by atoms with Crippen molar-refractivity contribution in [2.24, 2.45) is 0 Å². The molecule has 1 fully saturated rings. The zero-order chi connectivity index (χ0) is 10.3. The lowest BCUT2D eigenvalue weighted by atomic mass is 9.94. The topological polar surface area (TPSA) is 18.5 Å². The summed E-state index contributed by atoms with van der Waals surface area (Å²) in [6, 6.07) is 1.40. The Morgan fingerprint density at radius 1 is 1.21 bits per heavy atom. The summed E-state index contributed by atoms with van der Waals surface area (Å²) in [5.41, 5.74) is 0. The minimum Gasteiger partial charge on any atom is -0.353 e. The van der Waals surface area contributed by atoms with Crippen molar-refractivity contribution in [2.45, 2.75) is 56.9 Å². The van der Waals surface area contributed by atoms with E-state index >= 15 is 0 Å². The van der Waals surface area contributed by atoms with Gasteiger partial charge in [0.15, 0.2) is 5.79 Å². The van der Waals surface area contributed by atoms with E-state index in [0.29, 0.717) is 0 Å². The Hall–Kier alpha value is 0.137. The van der Waals surface area contributed by atoms with E-state index in [2.05, 4.69) is 6.55 Å². The molecule has 0 N–H and O–H groups in total. The van der Waals surface area contributed by atoms with Gasteiger partial charge in [0, 0.05) is 36.1 Å². The standard InChI is InChI=1S/C11H24O2Si/c1-12-11(7-4-3-5-8-11)13-9-6-10-14-2/h3-10,14H2,1-2H3. The summed E-state index contributed by atoms with van der Waals surface area (Å²) >= 11 is 0. The molecule has 3 heteroatoms. The van der Waals surface area contributed by atoms with E-state index in [0.717, 1.165) is 19.4 Å². The predicted octanol–water partition coefficient (Wildman–Crippen LogP) is 2.34. The lowest BCUT2D eigenvalue weighted by molar-refractivity contribution is -0.238. The number of hydrogen-bond acceptors (Lipinski definition) is 2. The van der Waals surface area contributed by atoms with Gasteiger partial charge in [-0.15, -0.1) is 0 Å². The predicted molar refractivity (Wildman–Crippen MR) is 62.6 cm³/mol. The van der Waals surface area contributed by atoms with Gasteiger partial charge in [0.2, 0.25) is 0 Å². The Labute approximate surface area is 90.2 Å². The molecule has 0 atom stereocenters. The van der Waals surface area contributed by atoms with Crippen LogP contribution in [0.3, 0.4) is 0 Å². The summed E-state index contributed by atoms with van der Waals surface area (Å²) < 4.78 is 11.5. The molecule has 1 saturated carbocycles. The van der Waals surface area contributed by atoms with Crippen molar-refractivity contribution in [3.8, 4) is 0 Å². The number of hydrogen-bond donors (Lipinski definition) is 0. The second kappa shape index (κ2) is 6.59. The van der Waals surface area contributed by atoms with Crippen LogP contribution in [0.5, 0.6) is 0 Å². The first-order valence-corrected chi connectivity index (χ1v) is 8.43. The summed E-state index contributed by atoms with van der Waals surface area (Å²) in [4.78, 5) is 0. The van der Waals surface area contributed by atoms with Gasteiger partial charge < -0.3 is 9.47 Å². The van der Waals surface area contributed by atoms with E-state index in [1.807, 2.05) is 0 Å². The van der Waals surface area contributed by atoms with Crippen LogP contribution in [0.15, 0.2) is 0 Å². The van der Waals surface area contributed by atoms with Crippen molar-refractivity contribution in [1.29, 1.82) is 0 Å². The van der Waals surface area contributed by atoms with Gasteiger partial charge in [-0.05, 0) is 19.3 Å². The molecule has 0 aromatic carbocycles. The molecule has 2 nitrogen and oxygen atoms in total. The first-order valence-electron chi connectivity index (χ1n) is 6.02. The summed E-state index contributed by atoms with van der Waals surface area (Å²) in [6.07, 6.45) is 7.27. The smallest absolute Gasteiger partial charge is 0.167 e. The van der Waals surface area contributed by atoms with Crippen LogP contribution >= 0.6 is 0 Å². The van der Waals surface area contributed by atoms with Crippen LogP contribution in [0.2, 0.25) is 12.6 Å². The zero-order valence-corrected chi connectivity index (χ0v) is 11.1. The molecule has 1 rings (SSSR count).